The molecule has 30 heavy (non-hydrogen) atoms. The largest absolute Gasteiger partial charge is 0.480 e. The maximum atomic E-state index is 12.4. The summed E-state index contributed by atoms with van der Waals surface area (Å²) >= 11 is 1.06. The number of hydrogen-bond donors (Lipinski definition) is 3. The number of nitrogens with one attached hydrogen (secondary N) is 2. The zero-order chi connectivity index (χ0) is 21.9. The maximum Gasteiger partial charge on any atom is 0.327 e. The van der Waals surface area contributed by atoms with Gasteiger partial charge in [0.15, 0.2) is 0 Å². The molecule has 2 atom stereocenters. The SMILES string of the molecule is O=CNC(CSC1CC(=O)N(CCCCCC(=O)Nc2ccccc2)C1=O)C(=O)O. The van der Waals surface area contributed by atoms with Crippen molar-refractivity contribution in [2.75, 3.05) is 17.6 Å². The van der Waals surface area contributed by atoms with Crippen LogP contribution in [0.2, 0.25) is 0 Å². The number of carbonyl (C=O) groups excluding carboxylic acids is 4. The van der Waals surface area contributed by atoms with Crippen LogP contribution in [0, 0.1) is 0 Å². The lowest BCUT2D eigenvalue weighted by Gasteiger charge is -2.16. The summed E-state index contributed by atoms with van der Waals surface area (Å²) in [4.78, 5) is 59.1. The van der Waals surface area contributed by atoms with Crippen molar-refractivity contribution in [2.24, 2.45) is 0 Å². The maximum absolute atomic E-state index is 12.4. The van der Waals surface area contributed by atoms with Crippen molar-refractivity contribution in [3.05, 3.63) is 30.3 Å². The van der Waals surface area contributed by atoms with Gasteiger partial charge in [-0.1, -0.05) is 24.6 Å². The standard InChI is InChI=1S/C20H25N3O6S/c24-13-21-15(20(28)29)12-30-16-11-18(26)23(19(16)27)10-6-2-5-9-17(25)22-14-7-3-1-4-8-14/h1,3-4,7-8,13,15-16H,2,5-6,9-12H2,(H,21,24)(H,22,25)(H,28,29). The predicted molar refractivity (Wildman–Crippen MR) is 112 cm³/mol. The van der Waals surface area contributed by atoms with Gasteiger partial charge in [0.1, 0.15) is 6.04 Å². The first-order valence-corrected chi connectivity index (χ1v) is 10.7. The van der Waals surface area contributed by atoms with E-state index in [9.17, 15) is 24.0 Å². The van der Waals surface area contributed by atoms with E-state index >= 15 is 0 Å². The zero-order valence-corrected chi connectivity index (χ0v) is 17.2. The molecule has 10 heteroatoms. The number of thioether (sulfide) groups is 1. The predicted octanol–water partition coefficient (Wildman–Crippen LogP) is 1.25. The van der Waals surface area contributed by atoms with E-state index < -0.39 is 17.3 Å². The Bertz CT molecular complexity index is 773. The minimum Gasteiger partial charge on any atom is -0.480 e. The minimum absolute atomic E-state index is 0.00211. The molecular formula is C20H25N3O6S. The van der Waals surface area contributed by atoms with Crippen molar-refractivity contribution < 1.29 is 29.1 Å². The quantitative estimate of drug-likeness (QED) is 0.241. The summed E-state index contributed by atoms with van der Waals surface area (Å²) < 4.78 is 0. The normalized spacial score (nSPS) is 16.9. The van der Waals surface area contributed by atoms with Crippen LogP contribution >= 0.6 is 11.8 Å². The Hall–Kier alpha value is -2.88. The lowest BCUT2D eigenvalue weighted by atomic mass is 10.1. The van der Waals surface area contributed by atoms with Gasteiger partial charge >= 0.3 is 5.97 Å². The van der Waals surface area contributed by atoms with Crippen LogP contribution < -0.4 is 10.6 Å². The van der Waals surface area contributed by atoms with E-state index in [0.29, 0.717) is 32.1 Å². The minimum atomic E-state index is -1.19. The van der Waals surface area contributed by atoms with Crippen LogP contribution in [0.1, 0.15) is 32.1 Å². The summed E-state index contributed by atoms with van der Waals surface area (Å²) in [6.45, 7) is 0.282. The molecule has 9 nitrogen and oxygen atoms in total. The van der Waals surface area contributed by atoms with Crippen LogP contribution in [0.3, 0.4) is 0 Å². The Labute approximate surface area is 178 Å². The van der Waals surface area contributed by atoms with E-state index in [0.717, 1.165) is 17.4 Å². The molecule has 1 aromatic rings. The number of carbonyl (C=O) groups is 5. The van der Waals surface area contributed by atoms with Crippen LogP contribution in [-0.2, 0) is 24.0 Å². The summed E-state index contributed by atoms with van der Waals surface area (Å²) in [5.41, 5.74) is 0.743. The lowest BCUT2D eigenvalue weighted by molar-refractivity contribution is -0.140. The van der Waals surface area contributed by atoms with Crippen LogP contribution in [-0.4, -0.2) is 63.7 Å². The molecule has 4 amide bonds. The third-order valence-electron chi connectivity index (χ3n) is 4.58. The second-order valence-electron chi connectivity index (χ2n) is 6.81. The number of amides is 4. The van der Waals surface area contributed by atoms with Crippen molar-refractivity contribution in [1.29, 1.82) is 0 Å². The average Bonchev–Trinajstić information content (AvgIpc) is 2.98. The Morgan fingerprint density at radius 2 is 1.93 bits per heavy atom. The van der Waals surface area contributed by atoms with Gasteiger partial charge in [-0.05, 0) is 25.0 Å². The Balaban J connectivity index is 1.67. The number of nitrogens with zero attached hydrogens (tertiary/aromatic N) is 1. The van der Waals surface area contributed by atoms with Gasteiger partial charge in [-0.25, -0.2) is 4.79 Å². The highest BCUT2D eigenvalue weighted by molar-refractivity contribution is 8.00. The van der Waals surface area contributed by atoms with E-state index in [1.807, 2.05) is 30.3 Å². The van der Waals surface area contributed by atoms with E-state index in [2.05, 4.69) is 10.6 Å². The van der Waals surface area contributed by atoms with Crippen molar-refractivity contribution in [2.45, 2.75) is 43.4 Å². The molecule has 1 aliphatic rings. The van der Waals surface area contributed by atoms with Crippen LogP contribution in [0.25, 0.3) is 0 Å². The fraction of sp³-hybridized carbons (Fsp3) is 0.450. The van der Waals surface area contributed by atoms with E-state index in [1.54, 1.807) is 0 Å². The highest BCUT2D eigenvalue weighted by atomic mass is 32.2. The van der Waals surface area contributed by atoms with Gasteiger partial charge in [-0.2, -0.15) is 0 Å². The molecule has 1 aromatic carbocycles. The second-order valence-corrected chi connectivity index (χ2v) is 8.05. The van der Waals surface area contributed by atoms with Gasteiger partial charge in [-0.15, -0.1) is 11.8 Å². The van der Waals surface area contributed by atoms with Crippen molar-refractivity contribution in [1.82, 2.24) is 10.2 Å². The molecule has 0 aliphatic carbocycles. The van der Waals surface area contributed by atoms with Crippen molar-refractivity contribution in [3.8, 4) is 0 Å². The van der Waals surface area contributed by atoms with E-state index in [1.165, 1.54) is 4.90 Å². The summed E-state index contributed by atoms with van der Waals surface area (Å²) in [6, 6.07) is 8.06. The number of aliphatic carboxylic acids is 1. The third-order valence-corrected chi connectivity index (χ3v) is 5.87. The molecule has 1 saturated heterocycles. The molecule has 0 radical (unpaired) electrons. The van der Waals surface area contributed by atoms with Crippen LogP contribution in [0.15, 0.2) is 30.3 Å². The van der Waals surface area contributed by atoms with Crippen LogP contribution in [0.4, 0.5) is 5.69 Å². The Kier molecular flexibility index (Phi) is 9.33. The highest BCUT2D eigenvalue weighted by Gasteiger charge is 2.39. The second kappa shape index (κ2) is 12.0. The molecular weight excluding hydrogens is 410 g/mol. The highest BCUT2D eigenvalue weighted by Crippen LogP contribution is 2.26. The number of imide groups is 1. The van der Waals surface area contributed by atoms with Gasteiger partial charge in [0.2, 0.25) is 24.1 Å². The summed E-state index contributed by atoms with van der Waals surface area (Å²) in [6.07, 6.45) is 2.61. The van der Waals surface area contributed by atoms with Gasteiger partial charge < -0.3 is 15.7 Å². The number of carboxylic acid groups (broad SMARTS) is 1. The van der Waals surface area contributed by atoms with Crippen molar-refractivity contribution in [3.63, 3.8) is 0 Å². The molecule has 1 heterocycles. The number of para-hydroxylation sites is 1. The van der Waals surface area contributed by atoms with Gasteiger partial charge in [0, 0.05) is 30.8 Å². The van der Waals surface area contributed by atoms with Gasteiger partial charge in [0.05, 0.1) is 5.25 Å². The number of likely N-dealkylation sites (tertiary alicyclic amines) is 1. The molecule has 1 aliphatic heterocycles. The molecule has 0 aromatic heterocycles. The monoisotopic (exact) mass is 435 g/mol. The third kappa shape index (κ3) is 7.18. The molecule has 1 fully saturated rings. The number of rotatable bonds is 13. The molecule has 0 saturated carbocycles. The number of carboxylic acids is 1. The number of anilines is 1. The number of hydrogen-bond acceptors (Lipinski definition) is 6. The lowest BCUT2D eigenvalue weighted by Crippen LogP contribution is -2.39. The van der Waals surface area contributed by atoms with E-state index in [-0.39, 0.29) is 36.4 Å². The smallest absolute Gasteiger partial charge is 0.327 e. The molecule has 0 spiro atoms. The summed E-state index contributed by atoms with van der Waals surface area (Å²) in [5.74, 6) is -1.89. The zero-order valence-electron chi connectivity index (χ0n) is 16.4. The first kappa shape index (κ1) is 23.4. The molecule has 2 rings (SSSR count). The van der Waals surface area contributed by atoms with Gasteiger partial charge in [0.25, 0.3) is 0 Å². The molecule has 0 bridgehead atoms. The molecule has 2 unspecified atom stereocenters. The first-order valence-electron chi connectivity index (χ1n) is 9.65. The fourth-order valence-corrected chi connectivity index (χ4v) is 4.17. The average molecular weight is 436 g/mol. The van der Waals surface area contributed by atoms with E-state index in [4.69, 9.17) is 5.11 Å². The Morgan fingerprint density at radius 3 is 2.60 bits per heavy atom. The molecule has 162 valence electrons. The first-order chi connectivity index (χ1) is 14.4. The van der Waals surface area contributed by atoms with Crippen LogP contribution in [0.5, 0.6) is 0 Å². The van der Waals surface area contributed by atoms with Gasteiger partial charge in [-0.3, -0.25) is 24.1 Å². The number of unbranched alkanes of at least 4 members (excludes halogenated alkanes) is 2. The Morgan fingerprint density at radius 1 is 1.20 bits per heavy atom. The topological polar surface area (TPSA) is 133 Å². The van der Waals surface area contributed by atoms with Crippen molar-refractivity contribution >= 4 is 47.6 Å². The summed E-state index contributed by atoms with van der Waals surface area (Å²) in [7, 11) is 0. The fourth-order valence-electron chi connectivity index (χ4n) is 2.98. The number of benzene rings is 1. The molecule has 3 N–H and O–H groups in total. The summed E-state index contributed by atoms with van der Waals surface area (Å²) in [5, 5.41) is 13.4.